The van der Waals surface area contributed by atoms with Crippen molar-refractivity contribution >= 4 is 6.29 Å². The van der Waals surface area contributed by atoms with Gasteiger partial charge >= 0.3 is 0 Å². The van der Waals surface area contributed by atoms with E-state index in [1.165, 1.54) is 12.1 Å². The van der Waals surface area contributed by atoms with Gasteiger partial charge in [0.25, 0.3) is 0 Å². The van der Waals surface area contributed by atoms with E-state index in [0.29, 0.717) is 30.1 Å². The van der Waals surface area contributed by atoms with Crippen molar-refractivity contribution in [2.45, 2.75) is 25.4 Å². The van der Waals surface area contributed by atoms with Gasteiger partial charge in [-0.05, 0) is 59.9 Å². The highest BCUT2D eigenvalue weighted by Crippen LogP contribution is 2.36. The monoisotopic (exact) mass is 428 g/mol. The van der Waals surface area contributed by atoms with Crippen LogP contribution in [0.4, 0.5) is 4.39 Å². The van der Waals surface area contributed by atoms with Crippen LogP contribution < -0.4 is 9.47 Å². The smallest absolute Gasteiger partial charge is 0.163 e. The number of aldehydes is 1. The quantitative estimate of drug-likeness (QED) is 0.358. The number of rotatable bonds is 9. The first-order valence-electron chi connectivity index (χ1n) is 10.8. The lowest BCUT2D eigenvalue weighted by molar-refractivity contribution is 0.112. The molecule has 0 amide bonds. The van der Waals surface area contributed by atoms with Crippen molar-refractivity contribution in [3.05, 3.63) is 119 Å². The summed E-state index contributed by atoms with van der Waals surface area (Å²) in [6, 6.07) is 21.6. The van der Waals surface area contributed by atoms with Gasteiger partial charge in [0.1, 0.15) is 18.2 Å². The van der Waals surface area contributed by atoms with Crippen molar-refractivity contribution in [1.82, 2.24) is 0 Å². The molecule has 1 aliphatic carbocycles. The minimum atomic E-state index is -0.311. The standard InChI is InChI=1S/C28H25FO3/c29-25-14-11-21(12-15-25)17-18-31-26-16-13-22(20-30)19-27(26)32-28(23-7-3-1-4-8-23)24-9-5-2-6-10-24/h1,3-5,7-16,19-20,28H,2,6,17-18H2. The number of carbonyl (C=O) groups is 1. The topological polar surface area (TPSA) is 35.5 Å². The number of allylic oxidation sites excluding steroid dienone is 2. The molecule has 0 N–H and O–H groups in total. The molecule has 0 aliphatic heterocycles. The Morgan fingerprint density at radius 2 is 1.75 bits per heavy atom. The fourth-order valence-electron chi connectivity index (χ4n) is 3.65. The second kappa shape index (κ2) is 10.6. The van der Waals surface area contributed by atoms with E-state index in [-0.39, 0.29) is 11.9 Å². The maximum Gasteiger partial charge on any atom is 0.163 e. The van der Waals surface area contributed by atoms with Crippen LogP contribution in [0.15, 0.2) is 96.6 Å². The molecule has 1 atom stereocenters. The van der Waals surface area contributed by atoms with Gasteiger partial charge in [-0.25, -0.2) is 4.39 Å². The molecule has 3 nitrogen and oxygen atoms in total. The van der Waals surface area contributed by atoms with Gasteiger partial charge in [-0.1, -0.05) is 60.7 Å². The average Bonchev–Trinajstić information content (AvgIpc) is 2.85. The van der Waals surface area contributed by atoms with Crippen molar-refractivity contribution in [3.8, 4) is 11.5 Å². The molecular weight excluding hydrogens is 403 g/mol. The normalized spacial score (nSPS) is 13.8. The summed E-state index contributed by atoms with van der Waals surface area (Å²) in [6.45, 7) is 0.404. The van der Waals surface area contributed by atoms with E-state index in [4.69, 9.17) is 9.47 Å². The second-order valence-corrected chi connectivity index (χ2v) is 7.64. The lowest BCUT2D eigenvalue weighted by atomic mass is 9.96. The molecule has 3 aromatic rings. The van der Waals surface area contributed by atoms with Gasteiger partial charge in [-0.15, -0.1) is 0 Å². The molecule has 0 bridgehead atoms. The van der Waals surface area contributed by atoms with Crippen LogP contribution in [-0.2, 0) is 6.42 Å². The summed E-state index contributed by atoms with van der Waals surface area (Å²) < 4.78 is 25.6. The van der Waals surface area contributed by atoms with E-state index in [1.54, 1.807) is 30.3 Å². The maximum absolute atomic E-state index is 13.1. The molecule has 0 saturated carbocycles. The first-order valence-corrected chi connectivity index (χ1v) is 10.8. The van der Waals surface area contributed by atoms with Crippen molar-refractivity contribution in [3.63, 3.8) is 0 Å². The maximum atomic E-state index is 13.1. The van der Waals surface area contributed by atoms with E-state index >= 15 is 0 Å². The summed E-state index contributed by atoms with van der Waals surface area (Å²) in [5.41, 5.74) is 3.61. The third-order valence-electron chi connectivity index (χ3n) is 5.34. The zero-order valence-electron chi connectivity index (χ0n) is 17.7. The molecule has 162 valence electrons. The minimum Gasteiger partial charge on any atom is -0.489 e. The average molecular weight is 429 g/mol. The summed E-state index contributed by atoms with van der Waals surface area (Å²) in [6.07, 6.45) is 9.54. The van der Waals surface area contributed by atoms with Gasteiger partial charge in [0, 0.05) is 12.0 Å². The van der Waals surface area contributed by atoms with Crippen molar-refractivity contribution in [1.29, 1.82) is 0 Å². The Hall–Kier alpha value is -3.66. The lowest BCUT2D eigenvalue weighted by Gasteiger charge is -2.24. The largest absolute Gasteiger partial charge is 0.489 e. The summed E-state index contributed by atoms with van der Waals surface area (Å²) in [5, 5.41) is 0. The number of halogens is 1. The molecule has 0 radical (unpaired) electrons. The van der Waals surface area contributed by atoms with Crippen LogP contribution in [0.5, 0.6) is 11.5 Å². The number of ether oxygens (including phenoxy) is 2. The fourth-order valence-corrected chi connectivity index (χ4v) is 3.65. The third kappa shape index (κ3) is 5.52. The van der Waals surface area contributed by atoms with Crippen LogP contribution in [0.25, 0.3) is 0 Å². The molecule has 3 aromatic carbocycles. The van der Waals surface area contributed by atoms with E-state index in [9.17, 15) is 9.18 Å². The second-order valence-electron chi connectivity index (χ2n) is 7.64. The molecule has 4 heteroatoms. The highest BCUT2D eigenvalue weighted by atomic mass is 19.1. The Morgan fingerprint density at radius 1 is 0.938 bits per heavy atom. The van der Waals surface area contributed by atoms with Gasteiger partial charge in [0.15, 0.2) is 11.5 Å². The molecule has 0 fully saturated rings. The molecule has 1 unspecified atom stereocenters. The van der Waals surface area contributed by atoms with E-state index in [1.807, 2.05) is 30.3 Å². The van der Waals surface area contributed by atoms with E-state index in [2.05, 4.69) is 18.2 Å². The van der Waals surface area contributed by atoms with Gasteiger partial charge < -0.3 is 9.47 Å². The molecular formula is C28H25FO3. The minimum absolute atomic E-state index is 0.257. The Morgan fingerprint density at radius 3 is 2.47 bits per heavy atom. The Bertz CT molecular complexity index is 1100. The molecule has 32 heavy (non-hydrogen) atoms. The highest BCUT2D eigenvalue weighted by molar-refractivity contribution is 5.76. The van der Waals surface area contributed by atoms with Crippen LogP contribution in [0.3, 0.4) is 0 Å². The predicted octanol–water partition coefficient (Wildman–Crippen LogP) is 6.66. The molecule has 0 heterocycles. The summed E-state index contributed by atoms with van der Waals surface area (Å²) in [7, 11) is 0. The van der Waals surface area contributed by atoms with E-state index in [0.717, 1.165) is 35.8 Å². The lowest BCUT2D eigenvalue weighted by Crippen LogP contribution is -2.12. The first-order chi connectivity index (χ1) is 15.7. The molecule has 0 spiro atoms. The number of benzene rings is 3. The summed E-state index contributed by atoms with van der Waals surface area (Å²) in [4.78, 5) is 11.4. The van der Waals surface area contributed by atoms with Gasteiger partial charge in [-0.2, -0.15) is 0 Å². The van der Waals surface area contributed by atoms with E-state index < -0.39 is 0 Å². The summed E-state index contributed by atoms with van der Waals surface area (Å²) in [5.74, 6) is 0.828. The van der Waals surface area contributed by atoms with Crippen LogP contribution in [0.2, 0.25) is 0 Å². The zero-order valence-corrected chi connectivity index (χ0v) is 17.7. The number of hydrogen-bond donors (Lipinski definition) is 0. The van der Waals surface area contributed by atoms with Crippen LogP contribution in [0, 0.1) is 5.82 Å². The number of carbonyl (C=O) groups excluding carboxylic acids is 1. The predicted molar refractivity (Wildman–Crippen MR) is 124 cm³/mol. The number of hydrogen-bond acceptors (Lipinski definition) is 3. The van der Waals surface area contributed by atoms with Crippen molar-refractivity contribution in [2.75, 3.05) is 6.61 Å². The van der Waals surface area contributed by atoms with Crippen molar-refractivity contribution in [2.24, 2.45) is 0 Å². The van der Waals surface area contributed by atoms with Crippen LogP contribution in [-0.4, -0.2) is 12.9 Å². The fraction of sp³-hybridized carbons (Fsp3) is 0.179. The Labute approximate surface area is 187 Å². The van der Waals surface area contributed by atoms with Crippen LogP contribution >= 0.6 is 0 Å². The first kappa shape index (κ1) is 21.6. The Kier molecular flexibility index (Phi) is 7.13. The van der Waals surface area contributed by atoms with Gasteiger partial charge in [0.05, 0.1) is 6.61 Å². The molecule has 0 aromatic heterocycles. The Balaban J connectivity index is 1.57. The van der Waals surface area contributed by atoms with Gasteiger partial charge in [-0.3, -0.25) is 4.79 Å². The van der Waals surface area contributed by atoms with Gasteiger partial charge in [0.2, 0.25) is 0 Å². The van der Waals surface area contributed by atoms with Crippen LogP contribution in [0.1, 0.15) is 40.4 Å². The molecule has 4 rings (SSSR count). The highest BCUT2D eigenvalue weighted by Gasteiger charge is 2.20. The zero-order chi connectivity index (χ0) is 22.2. The SMILES string of the molecule is O=Cc1ccc(OCCc2ccc(F)cc2)c(OC(C2=CCCC=C2)c2ccccc2)c1. The molecule has 1 aliphatic rings. The van der Waals surface area contributed by atoms with Crippen molar-refractivity contribution < 1.29 is 18.7 Å². The summed E-state index contributed by atoms with van der Waals surface area (Å²) >= 11 is 0. The molecule has 0 saturated heterocycles. The third-order valence-corrected chi connectivity index (χ3v) is 5.34.